The molecule has 0 aromatic heterocycles. The van der Waals surface area contributed by atoms with Crippen LogP contribution in [-0.2, 0) is 0 Å². The molecule has 0 rings (SSSR count). The SMILES string of the molecule is CC(C)(C)C/N=N/C(C)(C)C. The Balaban J connectivity index is 3.80. The number of azo groups is 1. The monoisotopic (exact) mass is 156 g/mol. The van der Waals surface area contributed by atoms with E-state index in [9.17, 15) is 0 Å². The van der Waals surface area contributed by atoms with E-state index >= 15 is 0 Å². The zero-order chi connectivity index (χ0) is 9.12. The van der Waals surface area contributed by atoms with Gasteiger partial charge < -0.3 is 0 Å². The maximum Gasteiger partial charge on any atom is 0.0732 e. The summed E-state index contributed by atoms with van der Waals surface area (Å²) in [5.74, 6) is 0. The third-order valence-corrected chi connectivity index (χ3v) is 0.916. The summed E-state index contributed by atoms with van der Waals surface area (Å²) >= 11 is 0. The van der Waals surface area contributed by atoms with Crippen LogP contribution in [0.4, 0.5) is 0 Å². The summed E-state index contributed by atoms with van der Waals surface area (Å²) in [7, 11) is 0. The Bertz CT molecular complexity index is 135. The summed E-state index contributed by atoms with van der Waals surface area (Å²) in [6, 6.07) is 0. The molecule has 0 aliphatic carbocycles. The topological polar surface area (TPSA) is 24.7 Å². The van der Waals surface area contributed by atoms with Crippen molar-refractivity contribution in [3.05, 3.63) is 0 Å². The lowest BCUT2D eigenvalue weighted by atomic mass is 9.98. The van der Waals surface area contributed by atoms with Crippen LogP contribution in [0.2, 0.25) is 0 Å². The predicted molar refractivity (Wildman–Crippen MR) is 48.9 cm³/mol. The van der Waals surface area contributed by atoms with E-state index in [1.807, 2.05) is 0 Å². The maximum absolute atomic E-state index is 4.17. The molecule has 0 aromatic rings. The van der Waals surface area contributed by atoms with Gasteiger partial charge in [-0.25, -0.2) is 0 Å². The van der Waals surface area contributed by atoms with E-state index in [-0.39, 0.29) is 11.0 Å². The highest BCUT2D eigenvalue weighted by molar-refractivity contribution is 4.69. The Morgan fingerprint density at radius 3 is 1.64 bits per heavy atom. The van der Waals surface area contributed by atoms with Crippen LogP contribution >= 0.6 is 0 Å². The summed E-state index contributed by atoms with van der Waals surface area (Å²) in [4.78, 5) is 0. The second-order valence-electron chi connectivity index (χ2n) is 5.13. The molecule has 0 radical (unpaired) electrons. The second-order valence-corrected chi connectivity index (χ2v) is 5.13. The molecule has 0 unspecified atom stereocenters. The maximum atomic E-state index is 4.17. The fourth-order valence-corrected chi connectivity index (χ4v) is 0.460. The molecule has 0 amide bonds. The molecule has 11 heavy (non-hydrogen) atoms. The lowest BCUT2D eigenvalue weighted by Crippen LogP contribution is -2.12. The van der Waals surface area contributed by atoms with Crippen LogP contribution in [0.1, 0.15) is 41.5 Å². The quantitative estimate of drug-likeness (QED) is 0.520. The van der Waals surface area contributed by atoms with E-state index in [1.165, 1.54) is 0 Å². The molecular formula is C9H20N2. The minimum absolute atomic E-state index is 0.0226. The molecule has 0 N–H and O–H groups in total. The highest BCUT2D eigenvalue weighted by atomic mass is 15.1. The van der Waals surface area contributed by atoms with Crippen molar-refractivity contribution in [1.29, 1.82) is 0 Å². The van der Waals surface area contributed by atoms with E-state index in [2.05, 4.69) is 51.8 Å². The van der Waals surface area contributed by atoms with Crippen molar-refractivity contribution in [1.82, 2.24) is 0 Å². The lowest BCUT2D eigenvalue weighted by Gasteiger charge is -2.15. The molecular weight excluding hydrogens is 136 g/mol. The second kappa shape index (κ2) is 3.33. The number of rotatable bonds is 1. The summed E-state index contributed by atoms with van der Waals surface area (Å²) in [5.41, 5.74) is 0.236. The summed E-state index contributed by atoms with van der Waals surface area (Å²) < 4.78 is 0. The number of hydrogen-bond donors (Lipinski definition) is 0. The van der Waals surface area contributed by atoms with Crippen molar-refractivity contribution in [2.75, 3.05) is 6.54 Å². The zero-order valence-electron chi connectivity index (χ0n) is 8.60. The van der Waals surface area contributed by atoms with Crippen LogP contribution < -0.4 is 0 Å². The van der Waals surface area contributed by atoms with Gasteiger partial charge in [-0.1, -0.05) is 20.8 Å². The Morgan fingerprint density at radius 2 is 1.36 bits per heavy atom. The third kappa shape index (κ3) is 9.60. The lowest BCUT2D eigenvalue weighted by molar-refractivity contribution is 0.406. The van der Waals surface area contributed by atoms with Crippen LogP contribution in [-0.4, -0.2) is 12.1 Å². The van der Waals surface area contributed by atoms with Crippen molar-refractivity contribution in [3.8, 4) is 0 Å². The van der Waals surface area contributed by atoms with E-state index in [0.717, 1.165) is 6.54 Å². The predicted octanol–water partition coefficient (Wildman–Crippen LogP) is 3.28. The largest absolute Gasteiger partial charge is 0.193 e. The van der Waals surface area contributed by atoms with Crippen molar-refractivity contribution >= 4 is 0 Å². The molecule has 0 aromatic carbocycles. The van der Waals surface area contributed by atoms with Crippen LogP contribution in [0.15, 0.2) is 10.2 Å². The average Bonchev–Trinajstić information content (AvgIpc) is 1.55. The van der Waals surface area contributed by atoms with Gasteiger partial charge in [0.1, 0.15) is 0 Å². The smallest absolute Gasteiger partial charge is 0.0732 e. The molecule has 2 nitrogen and oxygen atoms in total. The Kier molecular flexibility index (Phi) is 3.21. The fourth-order valence-electron chi connectivity index (χ4n) is 0.460. The van der Waals surface area contributed by atoms with Crippen molar-refractivity contribution in [2.24, 2.45) is 15.6 Å². The van der Waals surface area contributed by atoms with Gasteiger partial charge in [0.25, 0.3) is 0 Å². The summed E-state index contributed by atoms with van der Waals surface area (Å²) in [6.07, 6.45) is 0. The molecule has 66 valence electrons. The van der Waals surface area contributed by atoms with Gasteiger partial charge in [-0.15, -0.1) is 0 Å². The Labute approximate surface area is 70.1 Å². The van der Waals surface area contributed by atoms with Crippen molar-refractivity contribution < 1.29 is 0 Å². The minimum atomic E-state index is -0.0226. The minimum Gasteiger partial charge on any atom is -0.193 e. The van der Waals surface area contributed by atoms with E-state index in [0.29, 0.717) is 0 Å². The molecule has 0 fully saturated rings. The fraction of sp³-hybridized carbons (Fsp3) is 1.00. The normalized spacial score (nSPS) is 14.4. The van der Waals surface area contributed by atoms with Crippen LogP contribution in [0.25, 0.3) is 0 Å². The molecule has 0 spiro atoms. The molecule has 0 saturated carbocycles. The van der Waals surface area contributed by atoms with Crippen molar-refractivity contribution in [3.63, 3.8) is 0 Å². The zero-order valence-corrected chi connectivity index (χ0v) is 8.60. The Hall–Kier alpha value is -0.400. The molecule has 0 bridgehead atoms. The molecule has 2 heteroatoms. The van der Waals surface area contributed by atoms with Crippen molar-refractivity contribution in [2.45, 2.75) is 47.1 Å². The van der Waals surface area contributed by atoms with Gasteiger partial charge >= 0.3 is 0 Å². The Morgan fingerprint density at radius 1 is 0.909 bits per heavy atom. The van der Waals surface area contributed by atoms with Gasteiger partial charge in [0, 0.05) is 0 Å². The van der Waals surface area contributed by atoms with Gasteiger partial charge in [-0.05, 0) is 26.2 Å². The first-order valence-corrected chi connectivity index (χ1v) is 4.09. The van der Waals surface area contributed by atoms with Gasteiger partial charge in [-0.2, -0.15) is 10.2 Å². The van der Waals surface area contributed by atoms with Crippen LogP contribution in [0.5, 0.6) is 0 Å². The first kappa shape index (κ1) is 10.6. The van der Waals surface area contributed by atoms with Gasteiger partial charge in [0.2, 0.25) is 0 Å². The highest BCUT2D eigenvalue weighted by Gasteiger charge is 2.10. The first-order valence-electron chi connectivity index (χ1n) is 4.09. The van der Waals surface area contributed by atoms with E-state index in [4.69, 9.17) is 0 Å². The molecule has 0 aliphatic heterocycles. The molecule has 0 aliphatic rings. The number of nitrogens with zero attached hydrogens (tertiary/aromatic N) is 2. The van der Waals surface area contributed by atoms with Gasteiger partial charge in [0.15, 0.2) is 0 Å². The molecule has 0 heterocycles. The standard InChI is InChI=1S/C9H20N2/c1-8(2,3)7-10-11-9(4,5)6/h7H2,1-6H3/b11-10+. The van der Waals surface area contributed by atoms with Crippen LogP contribution in [0.3, 0.4) is 0 Å². The van der Waals surface area contributed by atoms with Gasteiger partial charge in [0.05, 0.1) is 12.1 Å². The summed E-state index contributed by atoms with van der Waals surface area (Å²) in [5, 5.41) is 8.31. The van der Waals surface area contributed by atoms with Gasteiger partial charge in [-0.3, -0.25) is 0 Å². The highest BCUT2D eigenvalue weighted by Crippen LogP contribution is 2.15. The average molecular weight is 156 g/mol. The molecule has 0 saturated heterocycles. The van der Waals surface area contributed by atoms with E-state index < -0.39 is 0 Å². The van der Waals surface area contributed by atoms with E-state index in [1.54, 1.807) is 0 Å². The number of hydrogen-bond acceptors (Lipinski definition) is 2. The third-order valence-electron chi connectivity index (χ3n) is 0.916. The van der Waals surface area contributed by atoms with Crippen LogP contribution in [0, 0.1) is 5.41 Å². The summed E-state index contributed by atoms with van der Waals surface area (Å²) in [6.45, 7) is 13.5. The molecule has 0 atom stereocenters. The first-order chi connectivity index (χ1) is 4.71.